The van der Waals surface area contributed by atoms with Crippen LogP contribution >= 0.6 is 0 Å². The molecule has 1 rings (SSSR count). The molecule has 1 aliphatic heterocycles. The number of ether oxygens (including phenoxy) is 3. The van der Waals surface area contributed by atoms with Crippen LogP contribution in [0.4, 0.5) is 0 Å². The Morgan fingerprint density at radius 3 is 2.21 bits per heavy atom. The van der Waals surface area contributed by atoms with E-state index in [4.69, 9.17) is 24.4 Å². The molecule has 1 heterocycles. The number of rotatable bonds is 4. The van der Waals surface area contributed by atoms with Crippen LogP contribution < -0.4 is 0 Å². The zero-order chi connectivity index (χ0) is 10.8. The van der Waals surface area contributed by atoms with Gasteiger partial charge in [0.05, 0.1) is 13.2 Å². The van der Waals surface area contributed by atoms with Crippen LogP contribution in [0.25, 0.3) is 0 Å². The Balaban J connectivity index is 2.45. The van der Waals surface area contributed by atoms with Crippen molar-refractivity contribution in [2.24, 2.45) is 0 Å². The molecule has 0 spiro atoms. The average molecular weight is 206 g/mol. The Bertz CT molecular complexity index is 178. The van der Waals surface area contributed by atoms with Crippen LogP contribution in [0.3, 0.4) is 0 Å². The van der Waals surface area contributed by atoms with Crippen molar-refractivity contribution >= 4 is 0 Å². The molecule has 0 aromatic rings. The predicted octanol–water partition coefficient (Wildman–Crippen LogP) is -0.146. The number of aliphatic hydroxyl groups excluding tert-OH is 2. The molecule has 0 saturated carbocycles. The van der Waals surface area contributed by atoms with Gasteiger partial charge in [-0.05, 0) is 20.8 Å². The van der Waals surface area contributed by atoms with Gasteiger partial charge in [-0.3, -0.25) is 0 Å². The molecule has 0 unspecified atom stereocenters. The van der Waals surface area contributed by atoms with E-state index in [9.17, 15) is 0 Å². The van der Waals surface area contributed by atoms with Gasteiger partial charge < -0.3 is 24.4 Å². The van der Waals surface area contributed by atoms with Crippen LogP contribution in [0.5, 0.6) is 0 Å². The van der Waals surface area contributed by atoms with E-state index in [0.29, 0.717) is 0 Å². The number of hydrogen-bond donors (Lipinski definition) is 2. The molecular formula is C9H18O5. The van der Waals surface area contributed by atoms with E-state index in [-0.39, 0.29) is 19.3 Å². The molecule has 0 aromatic carbocycles. The van der Waals surface area contributed by atoms with Crippen molar-refractivity contribution in [1.29, 1.82) is 0 Å². The van der Waals surface area contributed by atoms with Gasteiger partial charge in [0.1, 0.15) is 12.2 Å². The average Bonchev–Trinajstić information content (AvgIpc) is 2.35. The van der Waals surface area contributed by atoms with Crippen molar-refractivity contribution in [3.8, 4) is 0 Å². The van der Waals surface area contributed by atoms with Gasteiger partial charge in [-0.2, -0.15) is 0 Å². The summed E-state index contributed by atoms with van der Waals surface area (Å²) in [5.41, 5.74) is 0. The summed E-state index contributed by atoms with van der Waals surface area (Å²) >= 11 is 0. The Kier molecular flexibility index (Phi) is 3.86. The first-order valence-electron chi connectivity index (χ1n) is 4.71. The molecule has 0 aliphatic carbocycles. The van der Waals surface area contributed by atoms with Crippen molar-refractivity contribution in [1.82, 2.24) is 0 Å². The second kappa shape index (κ2) is 4.55. The molecule has 2 atom stereocenters. The highest BCUT2D eigenvalue weighted by Crippen LogP contribution is 2.28. The first-order valence-corrected chi connectivity index (χ1v) is 4.71. The molecule has 5 heteroatoms. The number of hydrogen-bond acceptors (Lipinski definition) is 5. The molecule has 84 valence electrons. The zero-order valence-corrected chi connectivity index (χ0v) is 8.77. The van der Waals surface area contributed by atoms with Crippen LogP contribution in [0.15, 0.2) is 0 Å². The largest absolute Gasteiger partial charge is 0.394 e. The monoisotopic (exact) mass is 206 g/mol. The lowest BCUT2D eigenvalue weighted by molar-refractivity contribution is -0.212. The first-order chi connectivity index (χ1) is 6.48. The van der Waals surface area contributed by atoms with Crippen molar-refractivity contribution < 1.29 is 24.4 Å². The summed E-state index contributed by atoms with van der Waals surface area (Å²) in [5.74, 6) is -0.667. The predicted molar refractivity (Wildman–Crippen MR) is 48.5 cm³/mol. The summed E-state index contributed by atoms with van der Waals surface area (Å²) in [6.45, 7) is 4.94. The van der Waals surface area contributed by atoms with Gasteiger partial charge in [-0.15, -0.1) is 0 Å². The molecule has 0 aromatic heterocycles. The van der Waals surface area contributed by atoms with E-state index in [0.717, 1.165) is 0 Å². The molecular weight excluding hydrogens is 188 g/mol. The van der Waals surface area contributed by atoms with Crippen LogP contribution in [0.2, 0.25) is 0 Å². The lowest BCUT2D eigenvalue weighted by Gasteiger charge is -2.20. The Morgan fingerprint density at radius 1 is 1.29 bits per heavy atom. The summed E-state index contributed by atoms with van der Waals surface area (Å²) in [6, 6.07) is 0. The minimum Gasteiger partial charge on any atom is -0.394 e. The fourth-order valence-corrected chi connectivity index (χ4v) is 1.38. The Morgan fingerprint density at radius 2 is 1.86 bits per heavy atom. The second-order valence-corrected chi connectivity index (χ2v) is 3.83. The van der Waals surface area contributed by atoms with E-state index in [1.807, 2.05) is 6.92 Å². The van der Waals surface area contributed by atoms with Gasteiger partial charge in [0.15, 0.2) is 12.1 Å². The van der Waals surface area contributed by atoms with Crippen molar-refractivity contribution in [2.75, 3.05) is 13.2 Å². The van der Waals surface area contributed by atoms with Crippen molar-refractivity contribution in [3.63, 3.8) is 0 Å². The summed E-state index contributed by atoms with van der Waals surface area (Å²) in [6.07, 6.45) is -1.35. The maximum Gasteiger partial charge on any atom is 0.187 e. The fraction of sp³-hybridized carbons (Fsp3) is 1.00. The van der Waals surface area contributed by atoms with Crippen molar-refractivity contribution in [3.05, 3.63) is 0 Å². The quantitative estimate of drug-likeness (QED) is 0.669. The fourth-order valence-electron chi connectivity index (χ4n) is 1.38. The lowest BCUT2D eigenvalue weighted by atomic mass is 10.3. The standard InChI is InChI=1S/C9H18O5/c1-6-8(12-7(4-10)5-11)14-9(2,3)13-6/h6-8,10-11H,4-5H2,1-3H3/t6-,8+/m1/s1. The van der Waals surface area contributed by atoms with Crippen LogP contribution in [0.1, 0.15) is 20.8 Å². The molecule has 14 heavy (non-hydrogen) atoms. The molecule has 1 fully saturated rings. The third-order valence-corrected chi connectivity index (χ3v) is 1.99. The summed E-state index contributed by atoms with van der Waals surface area (Å²) in [4.78, 5) is 0. The van der Waals surface area contributed by atoms with Gasteiger partial charge in [0, 0.05) is 0 Å². The van der Waals surface area contributed by atoms with Gasteiger partial charge in [-0.25, -0.2) is 0 Å². The van der Waals surface area contributed by atoms with Crippen LogP contribution in [-0.4, -0.2) is 47.7 Å². The molecule has 1 aliphatic rings. The van der Waals surface area contributed by atoms with Gasteiger partial charge in [0.2, 0.25) is 0 Å². The molecule has 0 amide bonds. The highest BCUT2D eigenvalue weighted by molar-refractivity contribution is 4.73. The molecule has 0 bridgehead atoms. The minimum absolute atomic E-state index is 0.203. The summed E-state index contributed by atoms with van der Waals surface area (Å²) in [7, 11) is 0. The second-order valence-electron chi connectivity index (χ2n) is 3.83. The zero-order valence-electron chi connectivity index (χ0n) is 8.77. The topological polar surface area (TPSA) is 68.2 Å². The molecule has 2 N–H and O–H groups in total. The van der Waals surface area contributed by atoms with Gasteiger partial charge in [0.25, 0.3) is 0 Å². The van der Waals surface area contributed by atoms with E-state index in [1.54, 1.807) is 13.8 Å². The summed E-state index contributed by atoms with van der Waals surface area (Å²) < 4.78 is 16.2. The SMILES string of the molecule is C[C@H]1OC(C)(C)O[C@@H]1OC(CO)CO. The van der Waals surface area contributed by atoms with Gasteiger partial charge in [-0.1, -0.05) is 0 Å². The van der Waals surface area contributed by atoms with E-state index in [1.165, 1.54) is 0 Å². The maximum absolute atomic E-state index is 8.82. The number of aliphatic hydroxyl groups is 2. The summed E-state index contributed by atoms with van der Waals surface area (Å²) in [5, 5.41) is 17.6. The third-order valence-electron chi connectivity index (χ3n) is 1.99. The van der Waals surface area contributed by atoms with Gasteiger partial charge >= 0.3 is 0 Å². The van der Waals surface area contributed by atoms with Crippen LogP contribution in [0, 0.1) is 0 Å². The smallest absolute Gasteiger partial charge is 0.187 e. The van der Waals surface area contributed by atoms with E-state index in [2.05, 4.69) is 0 Å². The lowest BCUT2D eigenvalue weighted by Crippen LogP contribution is -2.33. The van der Waals surface area contributed by atoms with Crippen molar-refractivity contribution in [2.45, 2.75) is 45.1 Å². The maximum atomic E-state index is 8.82. The Hall–Kier alpha value is -0.200. The van der Waals surface area contributed by atoms with E-state index < -0.39 is 18.2 Å². The molecule has 5 nitrogen and oxygen atoms in total. The molecule has 0 radical (unpaired) electrons. The highest BCUT2D eigenvalue weighted by Gasteiger charge is 2.40. The Labute approximate surface area is 83.6 Å². The molecule has 1 saturated heterocycles. The van der Waals surface area contributed by atoms with E-state index >= 15 is 0 Å². The highest BCUT2D eigenvalue weighted by atomic mass is 16.8. The normalized spacial score (nSPS) is 31.3. The first kappa shape index (κ1) is 11.9. The van der Waals surface area contributed by atoms with Crippen LogP contribution in [-0.2, 0) is 14.2 Å². The third kappa shape index (κ3) is 2.90. The minimum atomic E-state index is -0.667.